The zero-order chi connectivity index (χ0) is 23.9. The standard InChI is InChI=1S/C11H9F13O4S/c1-2-3-4-29(26,27)28-5(25)6(12,13)7(14,15)8(16,17)9(18,19)10(20,21)11(22,23)24/h2-4H2,1H3. The van der Waals surface area contributed by atoms with E-state index in [1.165, 1.54) is 6.92 Å². The van der Waals surface area contributed by atoms with Crippen molar-refractivity contribution in [2.24, 2.45) is 0 Å². The van der Waals surface area contributed by atoms with Crippen LogP contribution in [-0.2, 0) is 19.1 Å². The van der Waals surface area contributed by atoms with Crippen LogP contribution in [0.25, 0.3) is 0 Å². The smallest absolute Gasteiger partial charge is 0.340 e. The van der Waals surface area contributed by atoms with E-state index in [0.29, 0.717) is 0 Å². The fraction of sp³-hybridized carbons (Fsp3) is 0.909. The molecule has 4 nitrogen and oxygen atoms in total. The molecule has 0 spiro atoms. The fourth-order valence-electron chi connectivity index (χ4n) is 1.43. The predicted octanol–water partition coefficient (Wildman–Crippen LogP) is 4.40. The van der Waals surface area contributed by atoms with Crippen molar-refractivity contribution < 1.29 is 74.5 Å². The molecule has 0 aliphatic carbocycles. The van der Waals surface area contributed by atoms with Crippen LogP contribution in [0.15, 0.2) is 0 Å². The van der Waals surface area contributed by atoms with Crippen molar-refractivity contribution in [1.29, 1.82) is 0 Å². The molecule has 0 fully saturated rings. The van der Waals surface area contributed by atoms with Gasteiger partial charge in [0.1, 0.15) is 0 Å². The lowest BCUT2D eigenvalue weighted by atomic mass is 9.94. The van der Waals surface area contributed by atoms with E-state index >= 15 is 0 Å². The van der Waals surface area contributed by atoms with Gasteiger partial charge in [0, 0.05) is 0 Å². The van der Waals surface area contributed by atoms with Crippen LogP contribution in [0.4, 0.5) is 57.1 Å². The van der Waals surface area contributed by atoms with Crippen LogP contribution in [0.5, 0.6) is 0 Å². The van der Waals surface area contributed by atoms with Gasteiger partial charge in [-0.15, -0.1) is 0 Å². The van der Waals surface area contributed by atoms with E-state index in [0.717, 1.165) is 0 Å². The van der Waals surface area contributed by atoms with Crippen molar-refractivity contribution in [3.63, 3.8) is 0 Å². The Morgan fingerprint density at radius 1 is 0.724 bits per heavy atom. The molecule has 0 amide bonds. The zero-order valence-corrected chi connectivity index (χ0v) is 14.4. The first-order valence-electron chi connectivity index (χ1n) is 6.86. The topological polar surface area (TPSA) is 60.4 Å². The maximum atomic E-state index is 13.3. The summed E-state index contributed by atoms with van der Waals surface area (Å²) in [5.41, 5.74) is 0. The molecule has 0 saturated carbocycles. The SMILES string of the molecule is CCCCS(=O)(=O)OC(=O)C(F)(F)C(F)(F)C(F)(F)C(F)(F)C(F)(F)C(F)(F)F. The minimum absolute atomic E-state index is 0.0137. The zero-order valence-electron chi connectivity index (χ0n) is 13.6. The summed E-state index contributed by atoms with van der Waals surface area (Å²) in [6.07, 6.45) is -8.06. The van der Waals surface area contributed by atoms with Crippen LogP contribution in [0.3, 0.4) is 0 Å². The number of alkyl halides is 13. The van der Waals surface area contributed by atoms with Crippen LogP contribution >= 0.6 is 0 Å². The van der Waals surface area contributed by atoms with Gasteiger partial charge in [0.25, 0.3) is 0 Å². The van der Waals surface area contributed by atoms with E-state index in [2.05, 4.69) is 4.18 Å². The van der Waals surface area contributed by atoms with Crippen molar-refractivity contribution in [2.45, 2.75) is 55.6 Å². The van der Waals surface area contributed by atoms with Gasteiger partial charge < -0.3 is 4.18 Å². The summed E-state index contributed by atoms with van der Waals surface area (Å²) in [5.74, 6) is -45.0. The number of carbonyl (C=O) groups is 1. The third kappa shape index (κ3) is 4.50. The Labute approximate surface area is 153 Å². The predicted molar refractivity (Wildman–Crippen MR) is 65.6 cm³/mol. The Bertz CT molecular complexity index is 711. The van der Waals surface area contributed by atoms with Gasteiger partial charge in [0.2, 0.25) is 0 Å². The van der Waals surface area contributed by atoms with E-state index in [4.69, 9.17) is 0 Å². The Morgan fingerprint density at radius 2 is 1.10 bits per heavy atom. The average Bonchev–Trinajstić information content (AvgIpc) is 2.50. The van der Waals surface area contributed by atoms with E-state index in [1.807, 2.05) is 0 Å². The summed E-state index contributed by atoms with van der Waals surface area (Å²) in [5, 5.41) is 0. The lowest BCUT2D eigenvalue weighted by Crippen LogP contribution is -2.71. The van der Waals surface area contributed by atoms with Crippen molar-refractivity contribution in [2.75, 3.05) is 5.75 Å². The van der Waals surface area contributed by atoms with Crippen LogP contribution in [0, 0.1) is 0 Å². The fourth-order valence-corrected chi connectivity index (χ4v) is 2.49. The number of hydrogen-bond donors (Lipinski definition) is 0. The lowest BCUT2D eigenvalue weighted by molar-refractivity contribution is -0.436. The molecule has 0 heterocycles. The molecule has 0 aromatic heterocycles. The molecule has 0 radical (unpaired) electrons. The van der Waals surface area contributed by atoms with E-state index in [-0.39, 0.29) is 6.42 Å². The van der Waals surface area contributed by atoms with E-state index in [1.54, 1.807) is 0 Å². The summed E-state index contributed by atoms with van der Waals surface area (Å²) in [4.78, 5) is 10.9. The van der Waals surface area contributed by atoms with E-state index in [9.17, 15) is 70.3 Å². The third-order valence-corrected chi connectivity index (χ3v) is 4.33. The molecule has 0 unspecified atom stereocenters. The van der Waals surface area contributed by atoms with Gasteiger partial charge in [-0.05, 0) is 6.42 Å². The molecule has 0 aliphatic heterocycles. The molecule has 0 aliphatic rings. The molecule has 174 valence electrons. The first-order valence-corrected chi connectivity index (χ1v) is 8.44. The van der Waals surface area contributed by atoms with Crippen molar-refractivity contribution in [1.82, 2.24) is 0 Å². The highest BCUT2D eigenvalue weighted by atomic mass is 32.2. The van der Waals surface area contributed by atoms with Crippen LogP contribution in [0.1, 0.15) is 19.8 Å². The number of rotatable bonds is 9. The first-order chi connectivity index (χ1) is 12.4. The Balaban J connectivity index is 6.21. The molecule has 0 atom stereocenters. The molecule has 0 bridgehead atoms. The van der Waals surface area contributed by atoms with Crippen LogP contribution in [0.2, 0.25) is 0 Å². The first kappa shape index (κ1) is 27.5. The quantitative estimate of drug-likeness (QED) is 0.360. The lowest BCUT2D eigenvalue weighted by Gasteiger charge is -2.38. The van der Waals surface area contributed by atoms with Gasteiger partial charge in [-0.2, -0.15) is 65.5 Å². The van der Waals surface area contributed by atoms with Crippen LogP contribution in [-0.4, -0.2) is 55.9 Å². The average molecular weight is 484 g/mol. The van der Waals surface area contributed by atoms with Gasteiger partial charge in [-0.25, -0.2) is 4.79 Å². The van der Waals surface area contributed by atoms with E-state index < -0.39 is 64.1 Å². The number of carbonyl (C=O) groups excluding carboxylic acids is 1. The minimum Gasteiger partial charge on any atom is -0.340 e. The Morgan fingerprint density at radius 3 is 1.45 bits per heavy atom. The normalized spacial score (nSPS) is 15.4. The van der Waals surface area contributed by atoms with Gasteiger partial charge in [-0.3, -0.25) is 0 Å². The molecule has 0 N–H and O–H groups in total. The summed E-state index contributed by atoms with van der Waals surface area (Å²) in [6.45, 7) is 1.30. The third-order valence-electron chi connectivity index (χ3n) is 3.14. The second-order valence-electron chi connectivity index (χ2n) is 5.36. The highest BCUT2D eigenvalue weighted by Crippen LogP contribution is 2.60. The van der Waals surface area contributed by atoms with Crippen molar-refractivity contribution in [3.05, 3.63) is 0 Å². The van der Waals surface area contributed by atoms with Gasteiger partial charge in [0.15, 0.2) is 0 Å². The Kier molecular flexibility index (Phi) is 7.25. The van der Waals surface area contributed by atoms with Gasteiger partial charge in [0.05, 0.1) is 5.75 Å². The number of halogens is 13. The molecule has 0 rings (SSSR count). The van der Waals surface area contributed by atoms with Crippen molar-refractivity contribution in [3.8, 4) is 0 Å². The van der Waals surface area contributed by atoms with Crippen LogP contribution < -0.4 is 0 Å². The second-order valence-corrected chi connectivity index (χ2v) is 7.05. The molecule has 18 heteroatoms. The summed E-state index contributed by atoms with van der Waals surface area (Å²) in [7, 11) is -5.44. The molecular formula is C11H9F13O4S. The maximum Gasteiger partial charge on any atom is 0.460 e. The summed E-state index contributed by atoms with van der Waals surface area (Å²) in [6, 6.07) is 0. The summed E-state index contributed by atoms with van der Waals surface area (Å²) >= 11 is 0. The number of unbranched alkanes of at least 4 members (excludes halogenated alkanes) is 1. The number of hydrogen-bond acceptors (Lipinski definition) is 4. The maximum absolute atomic E-state index is 13.3. The largest absolute Gasteiger partial charge is 0.460 e. The van der Waals surface area contributed by atoms with Gasteiger partial charge in [-0.1, -0.05) is 13.3 Å². The molecular weight excluding hydrogens is 475 g/mol. The Hall–Kier alpha value is -1.49. The molecule has 0 aromatic carbocycles. The minimum atomic E-state index is -8.21. The molecule has 29 heavy (non-hydrogen) atoms. The van der Waals surface area contributed by atoms with Gasteiger partial charge >= 0.3 is 51.9 Å². The monoisotopic (exact) mass is 484 g/mol. The molecule has 0 aromatic rings. The highest BCUT2D eigenvalue weighted by Gasteiger charge is 2.92. The van der Waals surface area contributed by atoms with Crippen molar-refractivity contribution >= 4 is 16.1 Å². The molecule has 0 saturated heterocycles. The second kappa shape index (κ2) is 7.64. The summed E-state index contributed by atoms with van der Waals surface area (Å²) < 4.78 is 191. The highest BCUT2D eigenvalue weighted by molar-refractivity contribution is 7.87.